The fraction of sp³-hybridized carbons (Fsp3) is 0.0952. The van der Waals surface area contributed by atoms with E-state index >= 15 is 0 Å². The molecule has 0 atom stereocenters. The van der Waals surface area contributed by atoms with Gasteiger partial charge in [-0.2, -0.15) is 10.1 Å². The Morgan fingerprint density at radius 1 is 1.00 bits per heavy atom. The van der Waals surface area contributed by atoms with E-state index in [9.17, 15) is 0 Å². The van der Waals surface area contributed by atoms with E-state index in [-0.39, 0.29) is 0 Å². The molecular formula is C21H18N4O2. The summed E-state index contributed by atoms with van der Waals surface area (Å²) in [5.74, 6) is 1.82. The molecule has 0 N–H and O–H groups in total. The molecule has 0 aliphatic heterocycles. The zero-order chi connectivity index (χ0) is 18.6. The largest absolute Gasteiger partial charge is 0.497 e. The van der Waals surface area contributed by atoms with E-state index < -0.39 is 0 Å². The molecule has 0 bridgehead atoms. The number of methoxy groups -OCH3 is 1. The Labute approximate surface area is 156 Å². The molecule has 0 radical (unpaired) electrons. The molecule has 0 unspecified atom stereocenters. The van der Waals surface area contributed by atoms with Crippen LogP contribution in [0.2, 0.25) is 0 Å². The zero-order valence-corrected chi connectivity index (χ0v) is 15.0. The Morgan fingerprint density at radius 3 is 2.56 bits per heavy atom. The van der Waals surface area contributed by atoms with E-state index in [4.69, 9.17) is 9.26 Å². The first kappa shape index (κ1) is 16.8. The average Bonchev–Trinajstić information content (AvgIpc) is 3.36. The van der Waals surface area contributed by atoms with Crippen LogP contribution in [-0.2, 0) is 7.05 Å². The van der Waals surface area contributed by atoms with Crippen LogP contribution >= 0.6 is 0 Å². The van der Waals surface area contributed by atoms with Crippen molar-refractivity contribution in [1.82, 2.24) is 19.9 Å². The lowest BCUT2D eigenvalue weighted by Crippen LogP contribution is -1.93. The summed E-state index contributed by atoms with van der Waals surface area (Å²) in [6.07, 6.45) is 5.49. The minimum absolute atomic E-state index is 0.451. The van der Waals surface area contributed by atoms with Crippen molar-refractivity contribution in [1.29, 1.82) is 0 Å². The third-order valence-electron chi connectivity index (χ3n) is 4.21. The molecule has 0 amide bonds. The third kappa shape index (κ3) is 3.64. The summed E-state index contributed by atoms with van der Waals surface area (Å²) < 4.78 is 12.3. The molecule has 0 fully saturated rings. The summed E-state index contributed by atoms with van der Waals surface area (Å²) in [7, 11) is 3.56. The van der Waals surface area contributed by atoms with Gasteiger partial charge in [-0.05, 0) is 35.9 Å². The number of hydrogen-bond donors (Lipinski definition) is 0. The molecule has 2 aromatic heterocycles. The second kappa shape index (κ2) is 7.29. The van der Waals surface area contributed by atoms with Crippen LogP contribution < -0.4 is 4.74 Å². The summed E-state index contributed by atoms with van der Waals surface area (Å²) in [4.78, 5) is 4.46. The Kier molecular flexibility index (Phi) is 4.53. The van der Waals surface area contributed by atoms with Crippen molar-refractivity contribution >= 4 is 12.2 Å². The standard InChI is InChI=1S/C21H18N4O2/c1-25-19(12-13-22-25)16-4-3-5-17(14-16)21-23-20(27-24-21)11-8-15-6-9-18(26-2)10-7-15/h3-14H,1-2H3. The van der Waals surface area contributed by atoms with E-state index in [1.54, 1.807) is 19.4 Å². The van der Waals surface area contributed by atoms with E-state index in [1.807, 2.05) is 72.4 Å². The normalized spacial score (nSPS) is 11.2. The van der Waals surface area contributed by atoms with Crippen molar-refractivity contribution in [2.45, 2.75) is 0 Å². The summed E-state index contributed by atoms with van der Waals surface area (Å²) >= 11 is 0. The summed E-state index contributed by atoms with van der Waals surface area (Å²) in [5, 5.41) is 8.30. The van der Waals surface area contributed by atoms with E-state index in [2.05, 4.69) is 15.2 Å². The molecule has 0 saturated heterocycles. The van der Waals surface area contributed by atoms with Gasteiger partial charge in [0.1, 0.15) is 5.75 Å². The Bertz CT molecular complexity index is 1080. The van der Waals surface area contributed by atoms with Crippen molar-refractivity contribution in [2.75, 3.05) is 7.11 Å². The quantitative estimate of drug-likeness (QED) is 0.532. The first-order valence-corrected chi connectivity index (χ1v) is 8.47. The van der Waals surface area contributed by atoms with Crippen molar-refractivity contribution in [2.24, 2.45) is 7.05 Å². The molecule has 4 aromatic rings. The van der Waals surface area contributed by atoms with Crippen LogP contribution in [-0.4, -0.2) is 27.0 Å². The van der Waals surface area contributed by atoms with Gasteiger partial charge in [0, 0.05) is 30.4 Å². The van der Waals surface area contributed by atoms with Crippen molar-refractivity contribution in [3.63, 3.8) is 0 Å². The van der Waals surface area contributed by atoms with Gasteiger partial charge in [0.25, 0.3) is 5.89 Å². The average molecular weight is 358 g/mol. The predicted molar refractivity (Wildman–Crippen MR) is 104 cm³/mol. The minimum Gasteiger partial charge on any atom is -0.497 e. The number of nitrogens with zero attached hydrogens (tertiary/aromatic N) is 4. The molecule has 4 rings (SSSR count). The molecule has 0 aliphatic carbocycles. The van der Waals surface area contributed by atoms with Crippen LogP contribution in [0.25, 0.3) is 34.8 Å². The molecule has 134 valence electrons. The molecule has 0 aliphatic rings. The first-order valence-electron chi connectivity index (χ1n) is 8.47. The maximum Gasteiger partial charge on any atom is 0.250 e. The summed E-state index contributed by atoms with van der Waals surface area (Å²) in [6.45, 7) is 0. The number of hydrogen-bond acceptors (Lipinski definition) is 5. The van der Waals surface area contributed by atoms with Gasteiger partial charge in [-0.1, -0.05) is 35.5 Å². The molecule has 2 aromatic carbocycles. The maximum atomic E-state index is 5.35. The highest BCUT2D eigenvalue weighted by molar-refractivity contribution is 5.70. The summed E-state index contributed by atoms with van der Waals surface area (Å²) in [6, 6.07) is 17.7. The van der Waals surface area contributed by atoms with Crippen LogP contribution in [0.3, 0.4) is 0 Å². The molecule has 0 spiro atoms. The van der Waals surface area contributed by atoms with Crippen molar-refractivity contribution in [3.05, 3.63) is 72.2 Å². The smallest absolute Gasteiger partial charge is 0.250 e. The van der Waals surface area contributed by atoms with Crippen LogP contribution in [0, 0.1) is 0 Å². The monoisotopic (exact) mass is 358 g/mol. The van der Waals surface area contributed by atoms with Crippen LogP contribution in [0.4, 0.5) is 0 Å². The van der Waals surface area contributed by atoms with Crippen molar-refractivity contribution < 1.29 is 9.26 Å². The first-order chi connectivity index (χ1) is 13.2. The number of rotatable bonds is 5. The van der Waals surface area contributed by atoms with Gasteiger partial charge in [-0.15, -0.1) is 0 Å². The van der Waals surface area contributed by atoms with Gasteiger partial charge >= 0.3 is 0 Å². The predicted octanol–water partition coefficient (Wildman–Crippen LogP) is 4.32. The number of aryl methyl sites for hydroxylation is 1. The molecule has 27 heavy (non-hydrogen) atoms. The molecule has 2 heterocycles. The Balaban J connectivity index is 1.55. The van der Waals surface area contributed by atoms with E-state index in [0.29, 0.717) is 11.7 Å². The number of aromatic nitrogens is 4. The maximum absolute atomic E-state index is 5.35. The second-order valence-electron chi connectivity index (χ2n) is 5.98. The lowest BCUT2D eigenvalue weighted by atomic mass is 10.1. The number of benzene rings is 2. The van der Waals surface area contributed by atoms with E-state index in [1.165, 1.54) is 0 Å². The zero-order valence-electron chi connectivity index (χ0n) is 15.0. The molecule has 0 saturated carbocycles. The third-order valence-corrected chi connectivity index (χ3v) is 4.21. The van der Waals surface area contributed by atoms with Crippen molar-refractivity contribution in [3.8, 4) is 28.4 Å². The topological polar surface area (TPSA) is 66.0 Å². The van der Waals surface area contributed by atoms with E-state index in [0.717, 1.165) is 28.1 Å². The van der Waals surface area contributed by atoms with Gasteiger partial charge in [0.05, 0.1) is 12.8 Å². The van der Waals surface area contributed by atoms with Gasteiger partial charge in [0.2, 0.25) is 5.82 Å². The number of ether oxygens (including phenoxy) is 1. The minimum atomic E-state index is 0.451. The summed E-state index contributed by atoms with van der Waals surface area (Å²) in [5.41, 5.74) is 3.99. The SMILES string of the molecule is COc1ccc(C=Cc2nc(-c3cccc(-c4ccnn4C)c3)no2)cc1. The highest BCUT2D eigenvalue weighted by Crippen LogP contribution is 2.24. The molecule has 6 nitrogen and oxygen atoms in total. The second-order valence-corrected chi connectivity index (χ2v) is 5.98. The Hall–Kier alpha value is -3.67. The fourth-order valence-corrected chi connectivity index (χ4v) is 2.78. The van der Waals surface area contributed by atoms with Gasteiger partial charge in [0.15, 0.2) is 0 Å². The molecular weight excluding hydrogens is 340 g/mol. The van der Waals surface area contributed by atoms with Crippen LogP contribution in [0.5, 0.6) is 5.75 Å². The van der Waals surface area contributed by atoms with Crippen LogP contribution in [0.15, 0.2) is 65.3 Å². The highest BCUT2D eigenvalue weighted by atomic mass is 16.5. The van der Waals surface area contributed by atoms with Crippen LogP contribution in [0.1, 0.15) is 11.5 Å². The lowest BCUT2D eigenvalue weighted by Gasteiger charge is -2.03. The Morgan fingerprint density at radius 2 is 1.81 bits per heavy atom. The highest BCUT2D eigenvalue weighted by Gasteiger charge is 2.09. The lowest BCUT2D eigenvalue weighted by molar-refractivity contribution is 0.411. The van der Waals surface area contributed by atoms with Gasteiger partial charge in [-0.25, -0.2) is 0 Å². The van der Waals surface area contributed by atoms with Gasteiger partial charge < -0.3 is 9.26 Å². The van der Waals surface area contributed by atoms with Gasteiger partial charge in [-0.3, -0.25) is 4.68 Å². The fourth-order valence-electron chi connectivity index (χ4n) is 2.78. The molecule has 6 heteroatoms.